The third kappa shape index (κ3) is 2.78. The molecule has 1 aliphatic carbocycles. The van der Waals surface area contributed by atoms with Crippen LogP contribution in [-0.4, -0.2) is 22.6 Å². The van der Waals surface area contributed by atoms with Crippen LogP contribution < -0.4 is 10.6 Å². The predicted molar refractivity (Wildman–Crippen MR) is 92.0 cm³/mol. The summed E-state index contributed by atoms with van der Waals surface area (Å²) in [5.41, 5.74) is 9.60. The van der Waals surface area contributed by atoms with E-state index in [1.807, 2.05) is 0 Å². The monoisotopic (exact) mass is 303 g/mol. The molecule has 3 rings (SSSR count). The average Bonchev–Trinajstić information content (AvgIpc) is 2.48. The standard InChI is InChI=1S/C17H25N3S/c1-11-6-5-9-20(12(11)2)17-14(16(18)21)10-13-7-3-4-8-15(13)19-17/h10-12H,3-9H2,1-2H3,(H2,18,21). The van der Waals surface area contributed by atoms with E-state index < -0.39 is 0 Å². The van der Waals surface area contributed by atoms with Crippen LogP contribution in [0.4, 0.5) is 5.82 Å². The smallest absolute Gasteiger partial charge is 0.139 e. The molecule has 2 N–H and O–H groups in total. The van der Waals surface area contributed by atoms with Gasteiger partial charge in [0.2, 0.25) is 0 Å². The lowest BCUT2D eigenvalue weighted by molar-refractivity contribution is 0.361. The van der Waals surface area contributed by atoms with Gasteiger partial charge < -0.3 is 10.6 Å². The molecule has 2 atom stereocenters. The van der Waals surface area contributed by atoms with Crippen LogP contribution in [-0.2, 0) is 12.8 Å². The normalized spacial score (nSPS) is 25.5. The lowest BCUT2D eigenvalue weighted by atomic mass is 9.90. The molecule has 21 heavy (non-hydrogen) atoms. The summed E-state index contributed by atoms with van der Waals surface area (Å²) in [6, 6.07) is 2.71. The zero-order valence-electron chi connectivity index (χ0n) is 13.1. The van der Waals surface area contributed by atoms with Gasteiger partial charge in [0.1, 0.15) is 10.8 Å². The Hall–Kier alpha value is -1.16. The third-order valence-electron chi connectivity index (χ3n) is 5.19. The number of pyridine rings is 1. The summed E-state index contributed by atoms with van der Waals surface area (Å²) < 4.78 is 0. The van der Waals surface area contributed by atoms with Crippen LogP contribution in [0, 0.1) is 5.92 Å². The summed E-state index contributed by atoms with van der Waals surface area (Å²) in [4.78, 5) is 7.91. The quantitative estimate of drug-likeness (QED) is 0.852. The maximum Gasteiger partial charge on any atom is 0.139 e. The van der Waals surface area contributed by atoms with Gasteiger partial charge in [0.05, 0.1) is 5.56 Å². The summed E-state index contributed by atoms with van der Waals surface area (Å²) in [5, 5.41) is 0. The molecule has 1 aromatic rings. The SMILES string of the molecule is CC1CCCN(c2nc3c(cc2C(N)=S)CCCC3)C1C. The second-order valence-electron chi connectivity index (χ2n) is 6.59. The largest absolute Gasteiger partial charge is 0.389 e. The van der Waals surface area contributed by atoms with Crippen LogP contribution in [0.3, 0.4) is 0 Å². The Morgan fingerprint density at radius 2 is 2.05 bits per heavy atom. The summed E-state index contributed by atoms with van der Waals surface area (Å²) in [7, 11) is 0. The first-order chi connectivity index (χ1) is 10.1. The van der Waals surface area contributed by atoms with Crippen LogP contribution in [0.2, 0.25) is 0 Å². The molecule has 0 radical (unpaired) electrons. The Morgan fingerprint density at radius 3 is 2.81 bits per heavy atom. The molecule has 0 bridgehead atoms. The summed E-state index contributed by atoms with van der Waals surface area (Å²) >= 11 is 5.30. The van der Waals surface area contributed by atoms with Gasteiger partial charge in [-0.1, -0.05) is 19.1 Å². The number of aryl methyl sites for hydroxylation is 2. The van der Waals surface area contributed by atoms with E-state index in [1.54, 1.807) is 0 Å². The second kappa shape index (κ2) is 5.91. The van der Waals surface area contributed by atoms with Gasteiger partial charge in [0.25, 0.3) is 0 Å². The van der Waals surface area contributed by atoms with Crippen LogP contribution in [0.1, 0.15) is 56.4 Å². The number of rotatable bonds is 2. The van der Waals surface area contributed by atoms with E-state index in [1.165, 1.54) is 36.9 Å². The number of hydrogen-bond acceptors (Lipinski definition) is 3. The number of thiocarbonyl (C=S) groups is 1. The van der Waals surface area contributed by atoms with Gasteiger partial charge in [0, 0.05) is 18.3 Å². The molecule has 0 saturated carbocycles. The highest BCUT2D eigenvalue weighted by molar-refractivity contribution is 7.80. The topological polar surface area (TPSA) is 42.2 Å². The molecule has 1 saturated heterocycles. The van der Waals surface area contributed by atoms with Crippen LogP contribution in [0.25, 0.3) is 0 Å². The van der Waals surface area contributed by atoms with Crippen molar-refractivity contribution in [3.63, 3.8) is 0 Å². The van der Waals surface area contributed by atoms with Gasteiger partial charge in [0.15, 0.2) is 0 Å². The first-order valence-corrected chi connectivity index (χ1v) is 8.58. The fourth-order valence-electron chi connectivity index (χ4n) is 3.66. The minimum atomic E-state index is 0.483. The van der Waals surface area contributed by atoms with E-state index in [0.717, 1.165) is 30.8 Å². The maximum atomic E-state index is 6.00. The fraction of sp³-hybridized carbons (Fsp3) is 0.647. The fourth-order valence-corrected chi connectivity index (χ4v) is 3.81. The Morgan fingerprint density at radius 1 is 1.29 bits per heavy atom. The molecule has 2 heterocycles. The molecule has 1 aliphatic heterocycles. The zero-order valence-corrected chi connectivity index (χ0v) is 13.9. The second-order valence-corrected chi connectivity index (χ2v) is 7.03. The van der Waals surface area contributed by atoms with Crippen LogP contribution in [0.15, 0.2) is 6.07 Å². The molecule has 4 heteroatoms. The molecule has 2 aliphatic rings. The molecule has 0 amide bonds. The van der Waals surface area contributed by atoms with E-state index in [4.69, 9.17) is 22.9 Å². The predicted octanol–water partition coefficient (Wildman–Crippen LogP) is 3.22. The van der Waals surface area contributed by atoms with Crippen molar-refractivity contribution in [1.29, 1.82) is 0 Å². The molecule has 0 aromatic carbocycles. The number of anilines is 1. The number of aromatic nitrogens is 1. The van der Waals surface area contributed by atoms with Gasteiger partial charge in [-0.25, -0.2) is 4.98 Å². The Kier molecular flexibility index (Phi) is 4.16. The third-order valence-corrected chi connectivity index (χ3v) is 5.41. The van der Waals surface area contributed by atoms with Crippen molar-refractivity contribution in [2.45, 2.75) is 58.4 Å². The highest BCUT2D eigenvalue weighted by Crippen LogP contribution is 2.32. The van der Waals surface area contributed by atoms with E-state index in [9.17, 15) is 0 Å². The van der Waals surface area contributed by atoms with Gasteiger partial charge in [-0.3, -0.25) is 0 Å². The van der Waals surface area contributed by atoms with Crippen molar-refractivity contribution in [3.05, 3.63) is 22.9 Å². The van der Waals surface area contributed by atoms with Gasteiger partial charge in [-0.2, -0.15) is 0 Å². The summed E-state index contributed by atoms with van der Waals surface area (Å²) in [5.74, 6) is 1.72. The van der Waals surface area contributed by atoms with Crippen molar-refractivity contribution in [1.82, 2.24) is 4.98 Å². The van der Waals surface area contributed by atoms with E-state index in [0.29, 0.717) is 16.9 Å². The highest BCUT2D eigenvalue weighted by atomic mass is 32.1. The summed E-state index contributed by atoms with van der Waals surface area (Å²) in [6.45, 7) is 5.69. The Labute approximate surface area is 132 Å². The van der Waals surface area contributed by atoms with Crippen molar-refractivity contribution in [3.8, 4) is 0 Å². The van der Waals surface area contributed by atoms with Crippen molar-refractivity contribution in [2.24, 2.45) is 11.7 Å². The van der Waals surface area contributed by atoms with E-state index in [-0.39, 0.29) is 0 Å². The highest BCUT2D eigenvalue weighted by Gasteiger charge is 2.29. The zero-order chi connectivity index (χ0) is 15.0. The minimum Gasteiger partial charge on any atom is -0.389 e. The molecule has 3 nitrogen and oxygen atoms in total. The van der Waals surface area contributed by atoms with Gasteiger partial charge >= 0.3 is 0 Å². The molecule has 1 aromatic heterocycles. The Balaban J connectivity index is 2.05. The van der Waals surface area contributed by atoms with Crippen LogP contribution in [0.5, 0.6) is 0 Å². The molecule has 0 spiro atoms. The van der Waals surface area contributed by atoms with Crippen LogP contribution >= 0.6 is 12.2 Å². The first kappa shape index (κ1) is 14.8. The van der Waals surface area contributed by atoms with Crippen molar-refractivity contribution < 1.29 is 0 Å². The average molecular weight is 303 g/mol. The van der Waals surface area contributed by atoms with Gasteiger partial charge in [-0.15, -0.1) is 0 Å². The maximum absolute atomic E-state index is 6.00. The van der Waals surface area contributed by atoms with Gasteiger partial charge in [-0.05, 0) is 63.0 Å². The lowest BCUT2D eigenvalue weighted by Gasteiger charge is -2.40. The number of piperidine rings is 1. The van der Waals surface area contributed by atoms with Crippen molar-refractivity contribution in [2.75, 3.05) is 11.4 Å². The van der Waals surface area contributed by atoms with E-state index in [2.05, 4.69) is 24.8 Å². The molecular weight excluding hydrogens is 278 g/mol. The van der Waals surface area contributed by atoms with Crippen molar-refractivity contribution >= 4 is 23.0 Å². The lowest BCUT2D eigenvalue weighted by Crippen LogP contribution is -2.44. The molecule has 2 unspecified atom stereocenters. The first-order valence-electron chi connectivity index (χ1n) is 8.17. The number of fused-ring (bicyclic) bond motifs is 1. The minimum absolute atomic E-state index is 0.483. The number of nitrogens with two attached hydrogens (primary N) is 1. The molecular formula is C17H25N3S. The Bertz CT molecular complexity index is 555. The summed E-state index contributed by atoms with van der Waals surface area (Å²) in [6.07, 6.45) is 7.23. The number of nitrogens with zero attached hydrogens (tertiary/aromatic N) is 2. The van der Waals surface area contributed by atoms with E-state index >= 15 is 0 Å². The molecule has 114 valence electrons. The molecule has 1 fully saturated rings. The number of hydrogen-bond donors (Lipinski definition) is 1.